The van der Waals surface area contributed by atoms with Crippen LogP contribution in [0.1, 0.15) is 158 Å². The Morgan fingerprint density at radius 2 is 1.53 bits per heavy atom. The Bertz CT molecular complexity index is 1840. The van der Waals surface area contributed by atoms with Crippen molar-refractivity contribution < 1.29 is 32.4 Å². The number of carbonyl (C=O) groups excluding carboxylic acids is 5. The van der Waals surface area contributed by atoms with Gasteiger partial charge in [-0.3, -0.25) is 28.9 Å². The van der Waals surface area contributed by atoms with Crippen molar-refractivity contribution in [1.82, 2.24) is 24.1 Å². The summed E-state index contributed by atoms with van der Waals surface area (Å²) in [5.74, 6) is -2.48. The second-order valence-corrected chi connectivity index (χ2v) is 23.9. The van der Waals surface area contributed by atoms with Crippen LogP contribution in [0.3, 0.4) is 0 Å². The van der Waals surface area contributed by atoms with E-state index in [0.29, 0.717) is 19.4 Å². The van der Waals surface area contributed by atoms with Crippen LogP contribution in [-0.2, 0) is 34.2 Å². The van der Waals surface area contributed by atoms with Gasteiger partial charge in [-0.05, 0) is 113 Å². The van der Waals surface area contributed by atoms with E-state index in [1.165, 1.54) is 11.4 Å². The number of fused-ring (bicyclic) bond motifs is 1. The van der Waals surface area contributed by atoms with Crippen LogP contribution >= 0.6 is 0 Å². The lowest BCUT2D eigenvalue weighted by atomic mass is 9.73. The Hall–Kier alpha value is -2.64. The topological polar surface area (TPSA) is 153 Å². The fourth-order valence-corrected chi connectivity index (χ4v) is 14.2. The van der Waals surface area contributed by atoms with Crippen molar-refractivity contribution in [3.8, 4) is 0 Å². The molecular formula is C47H75N5O7S. The summed E-state index contributed by atoms with van der Waals surface area (Å²) >= 11 is 0. The van der Waals surface area contributed by atoms with Crippen molar-refractivity contribution >= 4 is 39.5 Å². The summed E-state index contributed by atoms with van der Waals surface area (Å²) in [6.45, 7) is 19.9. The van der Waals surface area contributed by atoms with E-state index in [9.17, 15) is 27.6 Å². The van der Waals surface area contributed by atoms with Crippen LogP contribution < -0.4 is 10.0 Å². The molecule has 0 radical (unpaired) electrons. The molecule has 2 aliphatic heterocycles. The molecule has 2 spiro atoms. The monoisotopic (exact) mass is 854 g/mol. The van der Waals surface area contributed by atoms with E-state index in [1.807, 2.05) is 20.8 Å². The molecule has 7 atom stereocenters. The molecule has 12 nitrogen and oxygen atoms in total. The first kappa shape index (κ1) is 45.4. The first-order valence-electron chi connectivity index (χ1n) is 23.4. The number of Topliss-reactive ketones (excluding diaryl/α,β-unsaturated/α-hetero) is 2. The molecule has 60 heavy (non-hydrogen) atoms. The van der Waals surface area contributed by atoms with E-state index in [-0.39, 0.29) is 82.4 Å². The highest BCUT2D eigenvalue weighted by molar-refractivity contribution is 7.87. The summed E-state index contributed by atoms with van der Waals surface area (Å²) in [6.07, 6.45) is 14.4. The summed E-state index contributed by atoms with van der Waals surface area (Å²) in [5.41, 5.74) is -2.25. The average Bonchev–Trinajstić information content (AvgIpc) is 4.13. The van der Waals surface area contributed by atoms with Crippen molar-refractivity contribution in [2.75, 3.05) is 20.1 Å². The number of nitrogens with zero attached hydrogens (tertiary/aromatic N) is 3. The third-order valence-corrected chi connectivity index (χ3v) is 19.0. The number of likely N-dealkylation sites (tertiary alicyclic amines) is 2. The standard InChI is InChI=1S/C47H75N5O7S/c1-10-32-26-45(32,42(57)49-60(58,59)50(9)33-20-21-33)28-38(54)36-27-47(44(7,8)46(47)22-16-23-46)29-52(36)41(56)34(43(4,5)6)25-37(53)39(31-17-12-11-13-18-31)48-40(55)35-19-14-15-24-51(35)30(2)3/h10,30-36,39H,1,11-29H2,2-9H3,(H,48,55)(H,49,57)/t32-,34-,35+,36+,39+,45-,47-/m1/s1. The molecular weight excluding hydrogens is 779 g/mol. The third kappa shape index (κ3) is 7.74. The van der Waals surface area contributed by atoms with Crippen LogP contribution in [0.5, 0.6) is 0 Å². The van der Waals surface area contributed by atoms with E-state index in [4.69, 9.17) is 0 Å². The molecule has 336 valence electrons. The second-order valence-electron chi connectivity index (χ2n) is 22.2. The van der Waals surface area contributed by atoms with Gasteiger partial charge in [0.1, 0.15) is 0 Å². The quantitative estimate of drug-likeness (QED) is 0.171. The van der Waals surface area contributed by atoms with Gasteiger partial charge in [0.05, 0.1) is 23.5 Å². The minimum Gasteiger partial charge on any atom is -0.345 e. The number of rotatable bonds is 16. The van der Waals surface area contributed by atoms with Gasteiger partial charge < -0.3 is 10.2 Å². The van der Waals surface area contributed by atoms with Crippen LogP contribution in [0.4, 0.5) is 0 Å². The third-order valence-electron chi connectivity index (χ3n) is 17.5. The van der Waals surface area contributed by atoms with Gasteiger partial charge in [-0.1, -0.05) is 72.8 Å². The van der Waals surface area contributed by atoms with E-state index < -0.39 is 44.9 Å². The number of piperidine rings is 1. The zero-order chi connectivity index (χ0) is 43.8. The van der Waals surface area contributed by atoms with Gasteiger partial charge in [0.15, 0.2) is 11.6 Å². The van der Waals surface area contributed by atoms with Crippen LogP contribution in [-0.4, -0.2) is 102 Å². The molecule has 0 aromatic rings. The first-order chi connectivity index (χ1) is 28.1. The van der Waals surface area contributed by atoms with E-state index in [0.717, 1.165) is 90.0 Å². The largest absolute Gasteiger partial charge is 0.345 e. The second kappa shape index (κ2) is 16.2. The molecule has 2 N–H and O–H groups in total. The van der Waals surface area contributed by atoms with Crippen LogP contribution in [0, 0.1) is 44.8 Å². The molecule has 0 bridgehead atoms. The van der Waals surface area contributed by atoms with Gasteiger partial charge in [-0.2, -0.15) is 12.7 Å². The first-order valence-corrected chi connectivity index (χ1v) is 24.9. The summed E-state index contributed by atoms with van der Waals surface area (Å²) in [4.78, 5) is 77.2. The number of ketones is 2. The van der Waals surface area contributed by atoms with Crippen LogP contribution in [0.25, 0.3) is 0 Å². The zero-order valence-corrected chi connectivity index (χ0v) is 38.8. The van der Waals surface area contributed by atoms with Crippen LogP contribution in [0.2, 0.25) is 0 Å². The summed E-state index contributed by atoms with van der Waals surface area (Å²) in [5, 5.41) is 3.28. The Labute approximate surface area is 360 Å². The molecule has 7 fully saturated rings. The highest BCUT2D eigenvalue weighted by Crippen LogP contribution is 2.88. The predicted molar refractivity (Wildman–Crippen MR) is 231 cm³/mol. The van der Waals surface area contributed by atoms with Crippen LogP contribution in [0.15, 0.2) is 12.7 Å². The van der Waals surface area contributed by atoms with Gasteiger partial charge in [0, 0.05) is 49.9 Å². The Balaban J connectivity index is 1.15. The molecule has 2 heterocycles. The van der Waals surface area contributed by atoms with Crippen molar-refractivity contribution in [2.45, 2.75) is 188 Å². The molecule has 0 aromatic carbocycles. The number of amides is 3. The smallest absolute Gasteiger partial charge is 0.303 e. The fourth-order valence-electron chi connectivity index (χ4n) is 13.0. The summed E-state index contributed by atoms with van der Waals surface area (Å²) in [7, 11) is -2.63. The molecule has 5 saturated carbocycles. The lowest BCUT2D eigenvalue weighted by molar-refractivity contribution is -0.147. The number of carbonyl (C=O) groups is 5. The Kier molecular flexibility index (Phi) is 12.2. The van der Waals surface area contributed by atoms with E-state index in [2.05, 4.69) is 49.2 Å². The number of hydrogen-bond donors (Lipinski definition) is 2. The minimum absolute atomic E-state index is 0.00342. The molecule has 5 aliphatic carbocycles. The SMILES string of the molecule is C=C[C@@H]1C[C@]1(CC(=O)[C@@H]1C[C@@]2(CN1C(=O)[C@@H](CC(=O)[C@@H](NC(=O)[C@@H]1CCCCN1C(C)C)C1CCCCC1)C(C)(C)C)C(C)(C)C21CCC1)C(=O)NS(=O)(=O)N(C)C1CC1. The molecule has 7 rings (SSSR count). The van der Waals surface area contributed by atoms with Gasteiger partial charge in [-0.15, -0.1) is 6.58 Å². The maximum absolute atomic E-state index is 15.4. The highest BCUT2D eigenvalue weighted by atomic mass is 32.2. The maximum atomic E-state index is 15.4. The predicted octanol–water partition coefficient (Wildman–Crippen LogP) is 6.34. The molecule has 0 aromatic heterocycles. The minimum atomic E-state index is -4.10. The maximum Gasteiger partial charge on any atom is 0.303 e. The molecule has 2 saturated heterocycles. The Morgan fingerprint density at radius 1 is 0.883 bits per heavy atom. The molecule has 13 heteroatoms. The van der Waals surface area contributed by atoms with Crippen molar-refractivity contribution in [3.63, 3.8) is 0 Å². The van der Waals surface area contributed by atoms with Gasteiger partial charge in [0.25, 0.3) is 0 Å². The highest BCUT2D eigenvalue weighted by Gasteiger charge is 2.85. The lowest BCUT2D eigenvalue weighted by Crippen LogP contribution is -2.57. The average molecular weight is 854 g/mol. The van der Waals surface area contributed by atoms with E-state index in [1.54, 1.807) is 11.0 Å². The Morgan fingerprint density at radius 3 is 2.07 bits per heavy atom. The summed E-state index contributed by atoms with van der Waals surface area (Å²) < 4.78 is 29.9. The van der Waals surface area contributed by atoms with Crippen molar-refractivity contribution in [1.29, 1.82) is 0 Å². The lowest BCUT2D eigenvalue weighted by Gasteiger charge is -2.40. The number of nitrogens with one attached hydrogen (secondary N) is 2. The number of allylic oxidation sites excluding steroid dienone is 1. The summed E-state index contributed by atoms with van der Waals surface area (Å²) in [6, 6.07) is -1.71. The zero-order valence-electron chi connectivity index (χ0n) is 37.9. The molecule has 3 amide bonds. The molecule has 0 unspecified atom stereocenters. The normalized spacial score (nSPS) is 32.4. The van der Waals surface area contributed by atoms with E-state index >= 15 is 4.79 Å². The van der Waals surface area contributed by atoms with Crippen molar-refractivity contribution in [3.05, 3.63) is 12.7 Å². The fraction of sp³-hybridized carbons (Fsp3) is 0.851. The van der Waals surface area contributed by atoms with Gasteiger partial charge in [-0.25, -0.2) is 4.72 Å². The molecule has 7 aliphatic rings. The van der Waals surface area contributed by atoms with Gasteiger partial charge in [0.2, 0.25) is 17.7 Å². The number of hydrogen-bond acceptors (Lipinski definition) is 8. The van der Waals surface area contributed by atoms with Gasteiger partial charge >= 0.3 is 10.2 Å². The van der Waals surface area contributed by atoms with Crippen molar-refractivity contribution in [2.24, 2.45) is 44.8 Å².